The Morgan fingerprint density at radius 1 is 0.170 bits per heavy atom. The van der Waals surface area contributed by atoms with Crippen molar-refractivity contribution in [1.82, 2.24) is 0 Å². The second-order valence-electron chi connectivity index (χ2n) is 22.5. The van der Waals surface area contributed by atoms with E-state index in [1.54, 1.807) is 134 Å². The van der Waals surface area contributed by atoms with Crippen molar-refractivity contribution in [2.75, 3.05) is 0 Å². The van der Waals surface area contributed by atoms with E-state index in [1.807, 2.05) is 829 Å². The van der Waals surface area contributed by atoms with Gasteiger partial charge in [0.05, 0.1) is 36.6 Å². The van der Waals surface area contributed by atoms with E-state index in [4.69, 9.17) is 22.4 Å². The molecule has 8 unspecified atom stereocenters. The van der Waals surface area contributed by atoms with Gasteiger partial charge in [0.1, 0.15) is 0 Å². The van der Waals surface area contributed by atoms with Crippen molar-refractivity contribution in [1.29, 1.82) is 0 Å². The summed E-state index contributed by atoms with van der Waals surface area (Å²) >= 11 is 1.94. The summed E-state index contributed by atoms with van der Waals surface area (Å²) in [6.07, 6.45) is -3.25. The van der Waals surface area contributed by atoms with Gasteiger partial charge in [0.15, 0.2) is 0 Å². The molecule has 1 heterocycles. The molecule has 0 spiro atoms. The zero-order valence-electron chi connectivity index (χ0n) is 73.1. The third-order valence-corrected chi connectivity index (χ3v) is 230. The molecule has 1 aliphatic heterocycles. The molecule has 1 aliphatic rings. The van der Waals surface area contributed by atoms with Crippen LogP contribution in [0, 0.1) is 47.3 Å². The number of aliphatic hydroxyl groups excluding tert-OH is 6. The van der Waals surface area contributed by atoms with Gasteiger partial charge in [0.2, 0.25) is 0 Å². The molecule has 1 fully saturated rings. The van der Waals surface area contributed by atoms with Gasteiger partial charge >= 0.3 is 89.8 Å². The Morgan fingerprint density at radius 2 is 0.252 bits per heavy atom. The summed E-state index contributed by atoms with van der Waals surface area (Å²) in [4.78, 5) is 0. The summed E-state index contributed by atoms with van der Waals surface area (Å²) in [5, 5.41) is 56.2. The number of rotatable bonds is 13. The van der Waals surface area contributed by atoms with Crippen LogP contribution in [0.5, 0.6) is 0 Å². The molecule has 9 N–H and O–H groups in total. The second kappa shape index (κ2) is 134. The fourth-order valence-electron chi connectivity index (χ4n) is 4.99. The zero-order valence-corrected chi connectivity index (χ0v) is 157. The van der Waals surface area contributed by atoms with Gasteiger partial charge in [-0.3, -0.25) is 0 Å². The molecule has 0 bridgehead atoms. The molecule has 147 heavy (non-hydrogen) atoms. The predicted octanol–water partition coefficient (Wildman–Crippen LogP) is -0.258. The fraction of sp³-hybridized carbons (Fsp3) is 1.00. The van der Waals surface area contributed by atoms with Crippen LogP contribution in [-0.4, -0.2) is 89.8 Å². The van der Waals surface area contributed by atoms with Crippen LogP contribution in [-0.2, 0) is 899 Å². The Labute approximate surface area is 1150 Å². The van der Waals surface area contributed by atoms with Gasteiger partial charge in [-0.1, -0.05) is 83.1 Å². The minimum Gasteiger partial charge on any atom is 0 e. The Bertz CT molecular complexity index is 8950. The van der Waals surface area contributed by atoms with E-state index in [-0.39, 0.29) is 71.8 Å². The van der Waals surface area contributed by atoms with Crippen molar-refractivity contribution in [2.45, 2.75) is 172 Å². The Kier molecular flexibility index (Phi) is 160. The molecular formula is C34H77IO12S100. The topological polar surface area (TPSA) is 224 Å². The van der Waals surface area contributed by atoms with Crippen LogP contribution in [0.4, 0.5) is 0 Å². The van der Waals surface area contributed by atoms with Gasteiger partial charge in [0.25, 0.3) is 0 Å². The number of hydrogen-bond acceptors (Lipinski definition) is 14. The molecule has 0 radical (unpaired) electrons. The molecule has 0 aromatic heterocycles. The third kappa shape index (κ3) is 142. The smallest absolute Gasteiger partial charge is 0 e. The molecule has 892 valence electrons. The first-order valence-electron chi connectivity index (χ1n) is 33.7. The Morgan fingerprint density at radius 3 is 0.313 bits per heavy atom. The van der Waals surface area contributed by atoms with Gasteiger partial charge in [-0.05, 0) is 48.3 Å². The monoisotopic (exact) mass is 4000 g/mol. The van der Waals surface area contributed by atoms with Gasteiger partial charge in [-0.25, -0.2) is 0 Å². The molecule has 12 nitrogen and oxygen atoms in total. The zero-order chi connectivity index (χ0) is 110. The summed E-state index contributed by atoms with van der Waals surface area (Å²) in [6.45, 7) is 30.2. The van der Waals surface area contributed by atoms with Crippen LogP contribution >= 0.6 is 0 Å². The molecule has 8 atom stereocenters. The molecular weight excluding hydrogens is 3930 g/mol. The van der Waals surface area contributed by atoms with Gasteiger partial charge in [0, 0.05) is 893 Å². The summed E-state index contributed by atoms with van der Waals surface area (Å²) < 4.78 is 48.3. The van der Waals surface area contributed by atoms with Gasteiger partial charge in [-0.2, -0.15) is 0 Å². The molecule has 0 aliphatic carbocycles. The maximum absolute atomic E-state index is 11.5. The predicted molar refractivity (Wildman–Crippen MR) is 917 cm³/mol. The van der Waals surface area contributed by atoms with Crippen molar-refractivity contribution < 1.29 is 68.7 Å². The number of aliphatic hydroxyl groups is 6. The van der Waals surface area contributed by atoms with E-state index in [9.17, 15) is 44.4 Å². The van der Waals surface area contributed by atoms with E-state index in [0.717, 1.165) is 0 Å². The first-order chi connectivity index (χ1) is 70.6. The maximum atomic E-state index is 11.5. The quantitative estimate of drug-likeness (QED) is 0.109. The van der Waals surface area contributed by atoms with Gasteiger partial charge in [-0.15, -0.1) is 0 Å². The second-order valence-corrected chi connectivity index (χ2v) is 203. The summed E-state index contributed by atoms with van der Waals surface area (Å²) in [7, 11) is 177. The van der Waals surface area contributed by atoms with Crippen molar-refractivity contribution >= 4 is 893 Å². The Balaban J connectivity index is -0.00000174. The largest absolute Gasteiger partial charge is 0 e. The van der Waals surface area contributed by atoms with Crippen molar-refractivity contribution in [2.24, 2.45) is 47.3 Å². The summed E-state index contributed by atoms with van der Waals surface area (Å²) in [5.41, 5.74) is 0. The maximum Gasteiger partial charge on any atom is 0 e. The first-order valence-corrected chi connectivity index (χ1v) is 171. The number of hydrogen-bond donors (Lipinski definition) is 9. The van der Waals surface area contributed by atoms with E-state index in [0.29, 0.717) is 12.8 Å². The molecule has 1 saturated heterocycles. The molecule has 0 saturated carbocycles. The van der Waals surface area contributed by atoms with E-state index in [2.05, 4.69) is 6.13 Å². The van der Waals surface area contributed by atoms with Crippen LogP contribution in [0.1, 0.15) is 124 Å². The van der Waals surface area contributed by atoms with E-state index in [1.165, 1.54) is 17.8 Å². The Hall–Kier alpha value is 22.2. The van der Waals surface area contributed by atoms with Crippen molar-refractivity contribution in [3.05, 3.63) is 0 Å². The average molecular weight is 4010 g/mol. The first kappa shape index (κ1) is 175. The van der Waals surface area contributed by atoms with E-state index < -0.39 is 42.6 Å². The molecule has 0 amide bonds. The van der Waals surface area contributed by atoms with Crippen LogP contribution in [0.2, 0.25) is 0 Å². The standard InChI is InChI=1S/2C9H20O2.C8H19IO6.C8H18O2.S100/c2*1-6(2)8(10)5-9(11)7(3)4;1-5(2)7-8(6(3)4)15-9(10,11,12,13)14-7;1-5(2)7(9)8(10)6(3)4;1-3-5-7-9-11-13-15-17-19-21-23-25-27-29-31-33-35-37-39-41-43-45-47-49-51-53-55-57-59-61-63-65-67-69-71-73-75-77-79-81-83-85-87-89-91-93-95-97-99-100-98-96-94-92-90-88-86-84-82-80-78-76-74-72-70-68-66-64-62-60-58-56-54-52-50-48-46-44-42-40-38-36-34-32-30-28-26-24-22-20-18-16-14-12-10-8-6-4-2/h2*6-11H,5H2,1-4H3;5-8,10-12H,1-4H3;5-10H,1-4H3;. The van der Waals surface area contributed by atoms with Gasteiger partial charge < -0.3 is 30.6 Å². The molecule has 0 aromatic rings. The minimum atomic E-state index is -7.72. The summed E-state index contributed by atoms with van der Waals surface area (Å²) in [5.74, 6) is 0.920. The normalized spacial score (nSPS) is 13.5. The molecule has 0 aromatic carbocycles. The van der Waals surface area contributed by atoms with Crippen LogP contribution in [0.15, 0.2) is 0 Å². The van der Waals surface area contributed by atoms with Crippen LogP contribution in [0.3, 0.4) is 0 Å². The average Bonchev–Trinajstić information content (AvgIpc) is 1.55. The minimum absolute atomic E-state index is 0.136. The molecule has 113 heteroatoms. The van der Waals surface area contributed by atoms with Crippen molar-refractivity contribution in [3.63, 3.8) is 0 Å². The third-order valence-electron chi connectivity index (χ3n) is 10.7. The SMILES string of the molecule is CC(C)C(O)C(O)C(C)C.CC(C)C(O)CC(O)C(C)C.CC(C)C(O)CC(O)C(C)C.CC(C)C1O[I+]([O-])(O)(O)(O)OC1C(C)C.S=S=S=S=S=S=S=S=S=S=S=S=S=S=S=S=S=S=S=S=S=S=S=S=S=S=S=S=S=S=S=S=S=S=S=S=S=S=S=S=S=S=S=S=S=S=S=S=S=S=S=S=S=S=S=S=S=S=S=S=S=S=S=S=S=S=S=S=S=S=S=S=S=S=S=S=S=S=S=S=S=S=S=S=S=S=S=S=S=S=S=S=S=S=S=S=S=S=S=S. The van der Waals surface area contributed by atoms with Crippen LogP contribution < -0.4 is 21.6 Å². The fourth-order valence-corrected chi connectivity index (χ4v) is 273. The molecule has 1 rings (SSSR count). The number of halogens is 1. The van der Waals surface area contributed by atoms with Crippen LogP contribution in [0.25, 0.3) is 0 Å². The van der Waals surface area contributed by atoms with Crippen molar-refractivity contribution in [3.8, 4) is 0 Å². The van der Waals surface area contributed by atoms with E-state index >= 15 is 0 Å². The summed E-state index contributed by atoms with van der Waals surface area (Å²) in [6, 6.07) is 0.